The van der Waals surface area contributed by atoms with Crippen LogP contribution in [0.4, 0.5) is 11.4 Å². The number of carbonyl (C=O) groups is 4. The van der Waals surface area contributed by atoms with E-state index in [9.17, 15) is 19.2 Å². The molecule has 0 unspecified atom stereocenters. The number of ketones is 1. The molecular formula is C24H24N2O7. The van der Waals surface area contributed by atoms with Crippen molar-refractivity contribution in [3.63, 3.8) is 0 Å². The largest absolute Gasteiger partial charge is 0.486 e. The lowest BCUT2D eigenvalue weighted by Crippen LogP contribution is -2.33. The minimum atomic E-state index is -1.05. The van der Waals surface area contributed by atoms with Gasteiger partial charge in [-0.3, -0.25) is 19.2 Å². The summed E-state index contributed by atoms with van der Waals surface area (Å²) in [6.07, 6.45) is -1.06. The van der Waals surface area contributed by atoms with Crippen LogP contribution in [-0.2, 0) is 19.1 Å². The molecule has 1 N–H and O–H groups in total. The minimum absolute atomic E-state index is 0.00583. The molecule has 2 aliphatic rings. The molecule has 1 saturated heterocycles. The first-order valence-corrected chi connectivity index (χ1v) is 10.6. The molecule has 2 amide bonds. The van der Waals surface area contributed by atoms with Crippen LogP contribution in [0.1, 0.15) is 30.6 Å². The van der Waals surface area contributed by atoms with Gasteiger partial charge in [0.1, 0.15) is 13.2 Å². The Morgan fingerprint density at radius 2 is 1.76 bits per heavy atom. The van der Waals surface area contributed by atoms with Gasteiger partial charge in [-0.1, -0.05) is 0 Å². The van der Waals surface area contributed by atoms with E-state index in [0.717, 1.165) is 0 Å². The molecule has 9 nitrogen and oxygen atoms in total. The lowest BCUT2D eigenvalue weighted by Gasteiger charge is -2.22. The highest BCUT2D eigenvalue weighted by molar-refractivity contribution is 6.01. The predicted molar refractivity (Wildman–Crippen MR) is 119 cm³/mol. The molecule has 33 heavy (non-hydrogen) atoms. The van der Waals surface area contributed by atoms with Gasteiger partial charge in [0.05, 0.1) is 5.92 Å². The number of hydrogen-bond acceptors (Lipinski definition) is 7. The van der Waals surface area contributed by atoms with Crippen molar-refractivity contribution in [3.8, 4) is 11.5 Å². The maximum atomic E-state index is 12.6. The summed E-state index contributed by atoms with van der Waals surface area (Å²) in [5, 5.41) is 2.65. The molecule has 0 radical (unpaired) electrons. The quantitative estimate of drug-likeness (QED) is 0.530. The highest BCUT2D eigenvalue weighted by Gasteiger charge is 2.37. The van der Waals surface area contributed by atoms with Gasteiger partial charge in [-0.25, -0.2) is 0 Å². The smallest absolute Gasteiger partial charge is 0.312 e. The molecule has 0 saturated carbocycles. The summed E-state index contributed by atoms with van der Waals surface area (Å²) in [6.45, 7) is 3.97. The first-order valence-electron chi connectivity index (χ1n) is 10.6. The van der Waals surface area contributed by atoms with Crippen molar-refractivity contribution in [1.29, 1.82) is 0 Å². The van der Waals surface area contributed by atoms with Gasteiger partial charge in [-0.05, 0) is 50.2 Å². The summed E-state index contributed by atoms with van der Waals surface area (Å²) in [5.41, 5.74) is 1.62. The molecule has 0 aliphatic carbocycles. The third-order valence-electron chi connectivity index (χ3n) is 5.52. The standard InChI is InChI=1S/C24H24N2O7/c1-14(27)16-3-5-18(6-4-16)25-23(29)15(2)33-24(30)17-11-22(28)26(13-17)19-7-8-20-21(12-19)32-10-9-31-20/h3-8,12,15,17H,9-11,13H2,1-2H3,(H,25,29)/t15-,17-/m0/s1. The number of esters is 1. The Morgan fingerprint density at radius 3 is 2.45 bits per heavy atom. The summed E-state index contributed by atoms with van der Waals surface area (Å²) < 4.78 is 16.4. The Bertz CT molecular complexity index is 1100. The second-order valence-corrected chi connectivity index (χ2v) is 7.94. The Kier molecular flexibility index (Phi) is 6.30. The topological polar surface area (TPSA) is 111 Å². The van der Waals surface area contributed by atoms with E-state index in [1.54, 1.807) is 42.5 Å². The van der Waals surface area contributed by atoms with E-state index >= 15 is 0 Å². The van der Waals surface area contributed by atoms with Crippen LogP contribution < -0.4 is 19.7 Å². The second-order valence-electron chi connectivity index (χ2n) is 7.94. The number of rotatable bonds is 6. The predicted octanol–water partition coefficient (Wildman–Crippen LogP) is 2.58. The molecule has 2 heterocycles. The van der Waals surface area contributed by atoms with Gasteiger partial charge in [0.2, 0.25) is 5.91 Å². The molecule has 9 heteroatoms. The number of benzene rings is 2. The zero-order valence-electron chi connectivity index (χ0n) is 18.3. The van der Waals surface area contributed by atoms with Crippen LogP contribution in [0.5, 0.6) is 11.5 Å². The van der Waals surface area contributed by atoms with Crippen molar-refractivity contribution >= 4 is 34.9 Å². The van der Waals surface area contributed by atoms with Gasteiger partial charge in [-0.2, -0.15) is 0 Å². The summed E-state index contributed by atoms with van der Waals surface area (Å²) in [6, 6.07) is 11.6. The van der Waals surface area contributed by atoms with Crippen LogP contribution >= 0.6 is 0 Å². The minimum Gasteiger partial charge on any atom is -0.486 e. The molecule has 2 aromatic rings. The number of fused-ring (bicyclic) bond motifs is 1. The first-order chi connectivity index (χ1) is 15.8. The fourth-order valence-electron chi connectivity index (χ4n) is 3.67. The summed E-state index contributed by atoms with van der Waals surface area (Å²) in [5.74, 6) is -0.925. The van der Waals surface area contributed by atoms with Gasteiger partial charge in [-0.15, -0.1) is 0 Å². The average molecular weight is 452 g/mol. The number of carbonyl (C=O) groups excluding carboxylic acids is 4. The van der Waals surface area contributed by atoms with E-state index in [1.165, 1.54) is 18.7 Å². The van der Waals surface area contributed by atoms with Crippen molar-refractivity contribution in [1.82, 2.24) is 0 Å². The van der Waals surface area contributed by atoms with Gasteiger partial charge in [0.25, 0.3) is 5.91 Å². The van der Waals surface area contributed by atoms with E-state index in [-0.39, 0.29) is 24.7 Å². The molecule has 172 valence electrons. The number of Topliss-reactive ketones (excluding diaryl/α,β-unsaturated/α-hetero) is 1. The van der Waals surface area contributed by atoms with Gasteiger partial charge >= 0.3 is 5.97 Å². The van der Waals surface area contributed by atoms with Crippen molar-refractivity contribution < 1.29 is 33.4 Å². The highest BCUT2D eigenvalue weighted by Crippen LogP contribution is 2.36. The number of nitrogens with zero attached hydrogens (tertiary/aromatic N) is 1. The molecule has 2 atom stereocenters. The zero-order valence-corrected chi connectivity index (χ0v) is 18.3. The van der Waals surface area contributed by atoms with Crippen LogP contribution in [0, 0.1) is 5.92 Å². The lowest BCUT2D eigenvalue weighted by molar-refractivity contribution is -0.157. The van der Waals surface area contributed by atoms with E-state index in [4.69, 9.17) is 14.2 Å². The fourth-order valence-corrected chi connectivity index (χ4v) is 3.67. The monoisotopic (exact) mass is 452 g/mol. The van der Waals surface area contributed by atoms with E-state index in [2.05, 4.69) is 5.32 Å². The van der Waals surface area contributed by atoms with E-state index < -0.39 is 23.9 Å². The van der Waals surface area contributed by atoms with Crippen LogP contribution in [0.3, 0.4) is 0 Å². The Hall–Kier alpha value is -3.88. The molecule has 1 fully saturated rings. The molecule has 0 spiro atoms. The second kappa shape index (κ2) is 9.32. The Balaban J connectivity index is 1.34. The van der Waals surface area contributed by atoms with Gasteiger partial charge in [0, 0.05) is 36.0 Å². The van der Waals surface area contributed by atoms with Crippen LogP contribution in [0.25, 0.3) is 0 Å². The summed E-state index contributed by atoms with van der Waals surface area (Å²) in [7, 11) is 0. The Labute approximate surface area is 190 Å². The van der Waals surface area contributed by atoms with Gasteiger partial charge < -0.3 is 24.4 Å². The third-order valence-corrected chi connectivity index (χ3v) is 5.52. The Morgan fingerprint density at radius 1 is 1.06 bits per heavy atom. The van der Waals surface area contributed by atoms with Crippen molar-refractivity contribution in [2.45, 2.75) is 26.4 Å². The van der Waals surface area contributed by atoms with Crippen molar-refractivity contribution in [2.75, 3.05) is 30.0 Å². The zero-order chi connectivity index (χ0) is 23.5. The molecule has 4 rings (SSSR count). The maximum absolute atomic E-state index is 12.6. The van der Waals surface area contributed by atoms with E-state index in [1.807, 2.05) is 0 Å². The SMILES string of the molecule is CC(=O)c1ccc(NC(=O)[C@H](C)OC(=O)[C@H]2CC(=O)N(c3ccc4c(c3)OCCO4)C2)cc1. The van der Waals surface area contributed by atoms with Gasteiger partial charge in [0.15, 0.2) is 23.4 Å². The van der Waals surface area contributed by atoms with E-state index in [0.29, 0.717) is 41.7 Å². The van der Waals surface area contributed by atoms with Crippen molar-refractivity contribution in [2.24, 2.45) is 5.92 Å². The summed E-state index contributed by atoms with van der Waals surface area (Å²) >= 11 is 0. The molecule has 0 bridgehead atoms. The fraction of sp³-hybridized carbons (Fsp3) is 0.333. The van der Waals surface area contributed by atoms with Crippen molar-refractivity contribution in [3.05, 3.63) is 48.0 Å². The number of ether oxygens (including phenoxy) is 3. The number of anilines is 2. The highest BCUT2D eigenvalue weighted by atomic mass is 16.6. The maximum Gasteiger partial charge on any atom is 0.312 e. The van der Waals surface area contributed by atoms with Crippen LogP contribution in [0.15, 0.2) is 42.5 Å². The number of nitrogens with one attached hydrogen (secondary N) is 1. The summed E-state index contributed by atoms with van der Waals surface area (Å²) in [4.78, 5) is 50.4. The first kappa shape index (κ1) is 22.3. The lowest BCUT2D eigenvalue weighted by atomic mass is 10.1. The number of amides is 2. The molecule has 0 aromatic heterocycles. The molecule has 2 aromatic carbocycles. The average Bonchev–Trinajstić information content (AvgIpc) is 3.20. The third kappa shape index (κ3) is 4.97. The van der Waals surface area contributed by atoms with Crippen LogP contribution in [0.2, 0.25) is 0 Å². The molecule has 2 aliphatic heterocycles. The normalized spacial score (nSPS) is 17.9. The molecular weight excluding hydrogens is 428 g/mol. The number of hydrogen-bond donors (Lipinski definition) is 1. The van der Waals surface area contributed by atoms with Crippen LogP contribution in [-0.4, -0.2) is 49.4 Å².